The number of aliphatic hydroxyl groups is 1. The Bertz CT molecular complexity index is 1080. The van der Waals surface area contributed by atoms with Gasteiger partial charge in [-0.15, -0.1) is 10.2 Å². The number of benzene rings is 2. The zero-order valence-corrected chi connectivity index (χ0v) is 17.0. The predicted molar refractivity (Wildman–Crippen MR) is 118 cm³/mol. The van der Waals surface area contributed by atoms with Crippen LogP contribution in [0.15, 0.2) is 66.7 Å². The van der Waals surface area contributed by atoms with Crippen molar-refractivity contribution in [1.82, 2.24) is 15.1 Å². The average molecular weight is 396 g/mol. The van der Waals surface area contributed by atoms with Crippen LogP contribution in [-0.2, 0) is 6.42 Å². The Balaban J connectivity index is 1.51. The van der Waals surface area contributed by atoms with Gasteiger partial charge in [0.05, 0.1) is 5.69 Å². The molecule has 4 heterocycles. The second kappa shape index (κ2) is 8.02. The van der Waals surface area contributed by atoms with Gasteiger partial charge in [0.15, 0.2) is 0 Å². The molecule has 0 spiro atoms. The van der Waals surface area contributed by atoms with Gasteiger partial charge in [0.2, 0.25) is 0 Å². The molecule has 3 saturated heterocycles. The molecule has 1 aromatic heterocycles. The van der Waals surface area contributed by atoms with Gasteiger partial charge in [0.25, 0.3) is 0 Å². The molecule has 150 valence electrons. The van der Waals surface area contributed by atoms with E-state index in [1.807, 2.05) is 48.5 Å². The van der Waals surface area contributed by atoms with E-state index in [1.165, 1.54) is 5.56 Å². The van der Waals surface area contributed by atoms with Gasteiger partial charge in [-0.3, -0.25) is 4.90 Å². The first-order chi connectivity index (χ1) is 14.7. The summed E-state index contributed by atoms with van der Waals surface area (Å²) in [6.45, 7) is 2.77. The number of fused-ring (bicyclic) bond motifs is 3. The van der Waals surface area contributed by atoms with Crippen LogP contribution in [0.2, 0.25) is 0 Å². The molecule has 1 unspecified atom stereocenters. The summed E-state index contributed by atoms with van der Waals surface area (Å²) in [7, 11) is 0. The normalized spacial score (nSPS) is 24.8. The summed E-state index contributed by atoms with van der Waals surface area (Å²) >= 11 is 0. The van der Waals surface area contributed by atoms with Crippen molar-refractivity contribution in [2.24, 2.45) is 5.92 Å². The fourth-order valence-electron chi connectivity index (χ4n) is 4.58. The van der Waals surface area contributed by atoms with E-state index in [-0.39, 0.29) is 5.92 Å². The van der Waals surface area contributed by atoms with Crippen molar-refractivity contribution in [2.75, 3.05) is 19.6 Å². The molecular formula is C26H25N3O. The summed E-state index contributed by atoms with van der Waals surface area (Å²) < 4.78 is 0. The van der Waals surface area contributed by atoms with Gasteiger partial charge in [-0.1, -0.05) is 66.6 Å². The standard InChI is InChI=1S/C26H25N3O/c30-26(19-29-15-12-23(26)13-16-29)14-11-24-22(17-20-7-3-1-4-8-20)18-25(28-27-24)21-9-5-2-6-10-21/h1-10,18,23,30H,12-13,15-17,19H2. The zero-order chi connectivity index (χ0) is 20.4. The van der Waals surface area contributed by atoms with Crippen LogP contribution in [0.3, 0.4) is 0 Å². The quantitative estimate of drug-likeness (QED) is 0.689. The monoisotopic (exact) mass is 395 g/mol. The lowest BCUT2D eigenvalue weighted by Crippen LogP contribution is -2.58. The molecule has 0 radical (unpaired) electrons. The second-order valence-corrected chi connectivity index (χ2v) is 8.36. The Morgan fingerprint density at radius 3 is 2.33 bits per heavy atom. The van der Waals surface area contributed by atoms with Crippen molar-refractivity contribution in [1.29, 1.82) is 0 Å². The first kappa shape index (κ1) is 19.0. The molecular weight excluding hydrogens is 370 g/mol. The van der Waals surface area contributed by atoms with Crippen molar-refractivity contribution >= 4 is 0 Å². The summed E-state index contributed by atoms with van der Waals surface area (Å²) in [6.07, 6.45) is 2.76. The predicted octanol–water partition coefficient (Wildman–Crippen LogP) is 3.54. The molecule has 3 fully saturated rings. The topological polar surface area (TPSA) is 49.3 Å². The van der Waals surface area contributed by atoms with Crippen molar-refractivity contribution < 1.29 is 5.11 Å². The maximum Gasteiger partial charge on any atom is 0.141 e. The highest BCUT2D eigenvalue weighted by molar-refractivity contribution is 5.60. The number of nitrogens with zero attached hydrogens (tertiary/aromatic N) is 3. The van der Waals surface area contributed by atoms with E-state index in [9.17, 15) is 5.11 Å². The van der Waals surface area contributed by atoms with Gasteiger partial charge < -0.3 is 5.11 Å². The maximum atomic E-state index is 11.2. The first-order valence-corrected chi connectivity index (χ1v) is 10.6. The third kappa shape index (κ3) is 3.87. The Labute approximate surface area is 177 Å². The van der Waals surface area contributed by atoms with Crippen LogP contribution in [0.5, 0.6) is 0 Å². The van der Waals surface area contributed by atoms with E-state index in [0.29, 0.717) is 12.2 Å². The minimum absolute atomic E-state index is 0.254. The molecule has 6 rings (SSSR count). The number of hydrogen-bond acceptors (Lipinski definition) is 4. The molecule has 4 heteroatoms. The van der Waals surface area contributed by atoms with Gasteiger partial charge in [0.1, 0.15) is 11.3 Å². The summed E-state index contributed by atoms with van der Waals surface area (Å²) in [4.78, 5) is 2.31. The van der Waals surface area contributed by atoms with Gasteiger partial charge in [-0.05, 0) is 49.0 Å². The van der Waals surface area contributed by atoms with E-state index in [2.05, 4.69) is 45.1 Å². The molecule has 2 bridgehead atoms. The van der Waals surface area contributed by atoms with Crippen molar-refractivity contribution in [3.05, 3.63) is 83.6 Å². The molecule has 3 aliphatic heterocycles. The summed E-state index contributed by atoms with van der Waals surface area (Å²) in [5.41, 5.74) is 3.83. The molecule has 3 aliphatic rings. The summed E-state index contributed by atoms with van der Waals surface area (Å²) in [5, 5.41) is 20.1. The lowest BCUT2D eigenvalue weighted by Gasteiger charge is -2.47. The zero-order valence-electron chi connectivity index (χ0n) is 17.0. The molecule has 0 aliphatic carbocycles. The van der Waals surface area contributed by atoms with Crippen molar-refractivity contribution in [3.63, 3.8) is 0 Å². The number of hydrogen-bond donors (Lipinski definition) is 1. The number of aromatic nitrogens is 2. The van der Waals surface area contributed by atoms with Crippen LogP contribution < -0.4 is 0 Å². The number of rotatable bonds is 3. The third-order valence-electron chi connectivity index (χ3n) is 6.30. The van der Waals surface area contributed by atoms with Crippen molar-refractivity contribution in [3.8, 4) is 23.1 Å². The fourth-order valence-corrected chi connectivity index (χ4v) is 4.58. The highest BCUT2D eigenvalue weighted by Gasteiger charge is 2.44. The van der Waals surface area contributed by atoms with Crippen LogP contribution in [0, 0.1) is 17.8 Å². The van der Waals surface area contributed by atoms with E-state index in [4.69, 9.17) is 0 Å². The van der Waals surface area contributed by atoms with Gasteiger partial charge in [0, 0.05) is 24.4 Å². The van der Waals surface area contributed by atoms with E-state index in [0.717, 1.165) is 49.2 Å². The Kier molecular flexibility index (Phi) is 5.08. The van der Waals surface area contributed by atoms with E-state index >= 15 is 0 Å². The SMILES string of the molecule is OC1(C#Cc2nnc(-c3ccccc3)cc2Cc2ccccc2)CN2CCC1CC2. The van der Waals surface area contributed by atoms with E-state index in [1.54, 1.807) is 0 Å². The van der Waals surface area contributed by atoms with Gasteiger partial charge >= 0.3 is 0 Å². The molecule has 30 heavy (non-hydrogen) atoms. The first-order valence-electron chi connectivity index (χ1n) is 10.6. The Hall–Kier alpha value is -3.00. The lowest BCUT2D eigenvalue weighted by molar-refractivity contribution is -0.0713. The molecule has 0 amide bonds. The Morgan fingerprint density at radius 2 is 1.67 bits per heavy atom. The van der Waals surface area contributed by atoms with Crippen molar-refractivity contribution in [2.45, 2.75) is 24.9 Å². The van der Waals surface area contributed by atoms with Crippen LogP contribution in [0.4, 0.5) is 0 Å². The maximum absolute atomic E-state index is 11.2. The molecule has 0 saturated carbocycles. The minimum Gasteiger partial charge on any atom is -0.376 e. The average Bonchev–Trinajstić information content (AvgIpc) is 2.80. The summed E-state index contributed by atoms with van der Waals surface area (Å²) in [6, 6.07) is 22.5. The summed E-state index contributed by atoms with van der Waals surface area (Å²) in [5.74, 6) is 6.65. The largest absolute Gasteiger partial charge is 0.376 e. The number of piperidine rings is 3. The Morgan fingerprint density at radius 1 is 0.967 bits per heavy atom. The van der Waals surface area contributed by atoms with Crippen LogP contribution in [-0.4, -0.2) is 45.4 Å². The highest BCUT2D eigenvalue weighted by Crippen LogP contribution is 2.35. The minimum atomic E-state index is -0.944. The smallest absolute Gasteiger partial charge is 0.141 e. The van der Waals surface area contributed by atoms with Crippen LogP contribution in [0.1, 0.15) is 29.7 Å². The molecule has 4 nitrogen and oxygen atoms in total. The second-order valence-electron chi connectivity index (χ2n) is 8.36. The lowest BCUT2D eigenvalue weighted by atomic mass is 9.76. The van der Waals surface area contributed by atoms with Crippen LogP contribution >= 0.6 is 0 Å². The van der Waals surface area contributed by atoms with Gasteiger partial charge in [-0.2, -0.15) is 0 Å². The molecule has 1 atom stereocenters. The molecule has 2 aromatic carbocycles. The van der Waals surface area contributed by atoms with Crippen LogP contribution in [0.25, 0.3) is 11.3 Å². The van der Waals surface area contributed by atoms with Gasteiger partial charge in [-0.25, -0.2) is 0 Å². The highest BCUT2D eigenvalue weighted by atomic mass is 16.3. The molecule has 3 aromatic rings. The van der Waals surface area contributed by atoms with E-state index < -0.39 is 5.60 Å². The third-order valence-corrected chi connectivity index (χ3v) is 6.30. The fraction of sp³-hybridized carbons (Fsp3) is 0.308. The molecule has 1 N–H and O–H groups in total.